The SMILES string of the molecule is CS(=O)(=O)N1C[C@@H](C(=O)NCC2=CCCCC2)Oc2ccccc21. The van der Waals surface area contributed by atoms with E-state index in [0.717, 1.165) is 25.5 Å². The first-order valence-corrected chi connectivity index (χ1v) is 9.99. The number of hydrogen-bond donors (Lipinski definition) is 1. The summed E-state index contributed by atoms with van der Waals surface area (Å²) >= 11 is 0. The lowest BCUT2D eigenvalue weighted by Crippen LogP contribution is -2.50. The lowest BCUT2D eigenvalue weighted by atomic mass is 10.00. The number of fused-ring (bicyclic) bond motifs is 1. The molecule has 0 saturated carbocycles. The Hall–Kier alpha value is -2.02. The van der Waals surface area contributed by atoms with E-state index in [-0.39, 0.29) is 12.5 Å². The van der Waals surface area contributed by atoms with Crippen molar-refractivity contribution in [2.45, 2.75) is 31.8 Å². The maximum absolute atomic E-state index is 12.4. The Bertz CT molecular complexity index is 758. The number of carbonyl (C=O) groups is 1. The van der Waals surface area contributed by atoms with Crippen molar-refractivity contribution in [2.24, 2.45) is 0 Å². The Labute approximate surface area is 142 Å². The summed E-state index contributed by atoms with van der Waals surface area (Å²) in [4.78, 5) is 12.4. The first-order chi connectivity index (χ1) is 11.4. The van der Waals surface area contributed by atoms with E-state index in [9.17, 15) is 13.2 Å². The first-order valence-electron chi connectivity index (χ1n) is 8.14. The van der Waals surface area contributed by atoms with Crippen LogP contribution in [0.5, 0.6) is 5.75 Å². The maximum Gasteiger partial charge on any atom is 0.263 e. The molecule has 0 aromatic heterocycles. The molecule has 1 aromatic rings. The van der Waals surface area contributed by atoms with Crippen LogP contribution in [-0.4, -0.2) is 39.8 Å². The quantitative estimate of drug-likeness (QED) is 0.841. The first kappa shape index (κ1) is 16.8. The van der Waals surface area contributed by atoms with Crippen LogP contribution in [0.1, 0.15) is 25.7 Å². The third kappa shape index (κ3) is 3.72. The molecule has 7 heteroatoms. The Morgan fingerprint density at radius 3 is 2.83 bits per heavy atom. The smallest absolute Gasteiger partial charge is 0.263 e. The molecule has 0 unspecified atom stereocenters. The molecular formula is C17H22N2O4S. The molecule has 24 heavy (non-hydrogen) atoms. The summed E-state index contributed by atoms with van der Waals surface area (Å²) < 4.78 is 31.1. The number of allylic oxidation sites excluding steroid dienone is 1. The van der Waals surface area contributed by atoms with E-state index < -0.39 is 16.1 Å². The molecule has 6 nitrogen and oxygen atoms in total. The van der Waals surface area contributed by atoms with E-state index in [0.29, 0.717) is 18.0 Å². The second kappa shape index (κ2) is 6.84. The molecule has 1 aliphatic heterocycles. The number of ether oxygens (including phenoxy) is 1. The number of benzene rings is 1. The van der Waals surface area contributed by atoms with Crippen LogP contribution >= 0.6 is 0 Å². The van der Waals surface area contributed by atoms with Gasteiger partial charge >= 0.3 is 0 Å². The van der Waals surface area contributed by atoms with Crippen LogP contribution in [0, 0.1) is 0 Å². The highest BCUT2D eigenvalue weighted by molar-refractivity contribution is 7.92. The van der Waals surface area contributed by atoms with Crippen molar-refractivity contribution in [1.82, 2.24) is 5.32 Å². The lowest BCUT2D eigenvalue weighted by Gasteiger charge is -2.33. The highest BCUT2D eigenvalue weighted by Crippen LogP contribution is 2.34. The Balaban J connectivity index is 1.73. The van der Waals surface area contributed by atoms with Crippen molar-refractivity contribution >= 4 is 21.6 Å². The predicted octanol–water partition coefficient (Wildman–Crippen LogP) is 1.83. The van der Waals surface area contributed by atoms with Crippen molar-refractivity contribution in [3.8, 4) is 5.75 Å². The van der Waals surface area contributed by atoms with Crippen LogP contribution in [0.4, 0.5) is 5.69 Å². The molecule has 1 aliphatic carbocycles. The fourth-order valence-corrected chi connectivity index (χ4v) is 3.95. The number of para-hydroxylation sites is 2. The van der Waals surface area contributed by atoms with Gasteiger partial charge in [-0.05, 0) is 37.8 Å². The number of carbonyl (C=O) groups excluding carboxylic acids is 1. The van der Waals surface area contributed by atoms with Crippen LogP contribution in [0.2, 0.25) is 0 Å². The van der Waals surface area contributed by atoms with E-state index in [4.69, 9.17) is 4.74 Å². The van der Waals surface area contributed by atoms with Crippen molar-refractivity contribution in [1.29, 1.82) is 0 Å². The van der Waals surface area contributed by atoms with Gasteiger partial charge in [-0.3, -0.25) is 9.10 Å². The molecule has 0 bridgehead atoms. The van der Waals surface area contributed by atoms with Gasteiger partial charge in [0.1, 0.15) is 5.75 Å². The monoisotopic (exact) mass is 350 g/mol. The minimum absolute atomic E-state index is 0.0132. The van der Waals surface area contributed by atoms with Crippen LogP contribution in [-0.2, 0) is 14.8 Å². The van der Waals surface area contributed by atoms with Crippen LogP contribution < -0.4 is 14.4 Å². The summed E-state index contributed by atoms with van der Waals surface area (Å²) in [7, 11) is -3.48. The normalized spacial score (nSPS) is 20.6. The molecule has 0 fully saturated rings. The highest BCUT2D eigenvalue weighted by atomic mass is 32.2. The molecule has 1 heterocycles. The number of rotatable bonds is 4. The number of anilines is 1. The topological polar surface area (TPSA) is 75.7 Å². The third-order valence-corrected chi connectivity index (χ3v) is 5.45. The summed E-state index contributed by atoms with van der Waals surface area (Å²) in [5.74, 6) is 0.121. The van der Waals surface area contributed by atoms with E-state index in [1.54, 1.807) is 24.3 Å². The summed E-state index contributed by atoms with van der Waals surface area (Å²) in [5.41, 5.74) is 1.70. The van der Waals surface area contributed by atoms with E-state index in [1.807, 2.05) is 0 Å². The average molecular weight is 350 g/mol. The molecule has 1 aromatic carbocycles. The van der Waals surface area contributed by atoms with Crippen molar-refractivity contribution in [2.75, 3.05) is 23.7 Å². The number of nitrogens with one attached hydrogen (secondary N) is 1. The second-order valence-electron chi connectivity index (χ2n) is 6.19. The fourth-order valence-electron chi connectivity index (χ4n) is 3.03. The minimum atomic E-state index is -3.48. The minimum Gasteiger partial charge on any atom is -0.476 e. The molecule has 2 aliphatic rings. The van der Waals surface area contributed by atoms with E-state index >= 15 is 0 Å². The standard InChI is InChI=1S/C17H22N2O4S/c1-24(21,22)19-12-16(23-15-10-6-5-9-14(15)19)17(20)18-11-13-7-3-2-4-8-13/h5-7,9-10,16H,2-4,8,11-12H2,1H3,(H,18,20)/t16-/m0/s1. The fraction of sp³-hybridized carbons (Fsp3) is 0.471. The predicted molar refractivity (Wildman–Crippen MR) is 92.6 cm³/mol. The van der Waals surface area contributed by atoms with Gasteiger partial charge in [-0.25, -0.2) is 8.42 Å². The molecule has 1 atom stereocenters. The molecule has 0 saturated heterocycles. The molecule has 0 radical (unpaired) electrons. The zero-order chi connectivity index (χ0) is 17.2. The molecule has 3 rings (SSSR count). The summed E-state index contributed by atoms with van der Waals surface area (Å²) in [6.45, 7) is 0.486. The number of sulfonamides is 1. The number of amides is 1. The van der Waals surface area contributed by atoms with Gasteiger partial charge in [-0.15, -0.1) is 0 Å². The van der Waals surface area contributed by atoms with E-state index in [1.165, 1.54) is 16.3 Å². The Morgan fingerprint density at radius 1 is 1.33 bits per heavy atom. The van der Waals surface area contributed by atoms with Crippen molar-refractivity contribution in [3.05, 3.63) is 35.9 Å². The van der Waals surface area contributed by atoms with Crippen molar-refractivity contribution < 1.29 is 17.9 Å². The van der Waals surface area contributed by atoms with Gasteiger partial charge in [0, 0.05) is 6.54 Å². The second-order valence-corrected chi connectivity index (χ2v) is 8.10. The largest absolute Gasteiger partial charge is 0.476 e. The van der Waals surface area contributed by atoms with Gasteiger partial charge in [0.15, 0.2) is 6.10 Å². The third-order valence-electron chi connectivity index (χ3n) is 4.30. The lowest BCUT2D eigenvalue weighted by molar-refractivity contribution is -0.127. The summed E-state index contributed by atoms with van der Waals surface area (Å²) in [6, 6.07) is 6.86. The Kier molecular flexibility index (Phi) is 4.80. The van der Waals surface area contributed by atoms with Gasteiger partial charge in [-0.1, -0.05) is 23.8 Å². The van der Waals surface area contributed by atoms with Crippen LogP contribution in [0.3, 0.4) is 0 Å². The van der Waals surface area contributed by atoms with E-state index in [2.05, 4.69) is 11.4 Å². The van der Waals surface area contributed by atoms with Gasteiger partial charge in [0.05, 0.1) is 18.5 Å². The Morgan fingerprint density at radius 2 is 2.12 bits per heavy atom. The molecule has 130 valence electrons. The zero-order valence-corrected chi connectivity index (χ0v) is 14.5. The number of nitrogens with zero attached hydrogens (tertiary/aromatic N) is 1. The van der Waals surface area contributed by atoms with Gasteiger partial charge < -0.3 is 10.1 Å². The van der Waals surface area contributed by atoms with Crippen LogP contribution in [0.15, 0.2) is 35.9 Å². The van der Waals surface area contributed by atoms with Gasteiger partial charge in [0.2, 0.25) is 10.0 Å². The van der Waals surface area contributed by atoms with Crippen LogP contribution in [0.25, 0.3) is 0 Å². The number of hydrogen-bond acceptors (Lipinski definition) is 4. The highest BCUT2D eigenvalue weighted by Gasteiger charge is 2.34. The average Bonchev–Trinajstić information content (AvgIpc) is 2.58. The molecule has 0 spiro atoms. The maximum atomic E-state index is 12.4. The van der Waals surface area contributed by atoms with Gasteiger partial charge in [-0.2, -0.15) is 0 Å². The molecular weight excluding hydrogens is 328 g/mol. The van der Waals surface area contributed by atoms with Gasteiger partial charge in [0.25, 0.3) is 5.91 Å². The zero-order valence-electron chi connectivity index (χ0n) is 13.7. The summed E-state index contributed by atoms with van der Waals surface area (Å²) in [6.07, 6.45) is 6.87. The summed E-state index contributed by atoms with van der Waals surface area (Å²) in [5, 5.41) is 2.87. The molecule has 1 amide bonds. The molecule has 1 N–H and O–H groups in total. The van der Waals surface area contributed by atoms with Crippen molar-refractivity contribution in [3.63, 3.8) is 0 Å².